The fourth-order valence-corrected chi connectivity index (χ4v) is 3.62. The van der Waals surface area contributed by atoms with Gasteiger partial charge in [-0.3, -0.25) is 0 Å². The van der Waals surface area contributed by atoms with Crippen LogP contribution in [0.1, 0.15) is 31.4 Å². The molecule has 0 atom stereocenters. The number of nitrogens with zero attached hydrogens (tertiary/aromatic N) is 4. The number of phenolic OH excluding ortho intramolecular Hbond substituents is 1. The van der Waals surface area contributed by atoms with Gasteiger partial charge in [-0.25, -0.2) is 15.4 Å². The molecule has 0 amide bonds. The average Bonchev–Trinajstić information content (AvgIpc) is 2.56. The van der Waals surface area contributed by atoms with Gasteiger partial charge in [0.25, 0.3) is 0 Å². The van der Waals surface area contributed by atoms with Crippen molar-refractivity contribution in [3.05, 3.63) is 29.6 Å². The van der Waals surface area contributed by atoms with Crippen LogP contribution >= 0.6 is 0 Å². The van der Waals surface area contributed by atoms with Gasteiger partial charge in [-0.1, -0.05) is 13.8 Å². The standard InChI is InChI=1S/C18H22N6O/c1-18(2)9-12-11(15-14(18)17(20)23-10-22-15)5-6-13(25)16(12)24(21-3)8-4-7-19/h5-6,10,21,25H,4,8-9H2,1-3H3,(H2,20,22,23). The maximum absolute atomic E-state index is 10.5. The number of nitrogens with two attached hydrogens (primary N) is 1. The first kappa shape index (κ1) is 17.0. The molecule has 0 saturated heterocycles. The Morgan fingerprint density at radius 2 is 2.16 bits per heavy atom. The number of nitriles is 1. The van der Waals surface area contributed by atoms with Crippen LogP contribution in [0.2, 0.25) is 0 Å². The zero-order valence-corrected chi connectivity index (χ0v) is 14.7. The van der Waals surface area contributed by atoms with Crippen LogP contribution in [0, 0.1) is 11.3 Å². The molecule has 130 valence electrons. The highest BCUT2D eigenvalue weighted by atomic mass is 16.3. The SMILES string of the molecule is CNN(CCC#N)c1c(O)ccc2c1CC(C)(C)c1c(N)ncnc1-2. The van der Waals surface area contributed by atoms with Crippen LogP contribution in [0.25, 0.3) is 11.3 Å². The van der Waals surface area contributed by atoms with E-state index in [-0.39, 0.29) is 11.2 Å². The lowest BCUT2D eigenvalue weighted by Crippen LogP contribution is -2.38. The van der Waals surface area contributed by atoms with Gasteiger partial charge in [0.05, 0.1) is 23.9 Å². The number of phenols is 1. The lowest BCUT2D eigenvalue weighted by atomic mass is 9.71. The fourth-order valence-electron chi connectivity index (χ4n) is 3.62. The van der Waals surface area contributed by atoms with Crippen molar-refractivity contribution in [1.82, 2.24) is 15.4 Å². The molecule has 3 rings (SSSR count). The summed E-state index contributed by atoms with van der Waals surface area (Å²) in [5, 5.41) is 21.2. The van der Waals surface area contributed by atoms with Gasteiger partial charge in [0.15, 0.2) is 0 Å². The van der Waals surface area contributed by atoms with E-state index in [4.69, 9.17) is 11.0 Å². The lowest BCUT2D eigenvalue weighted by Gasteiger charge is -2.37. The van der Waals surface area contributed by atoms with E-state index < -0.39 is 0 Å². The van der Waals surface area contributed by atoms with Crippen molar-refractivity contribution in [3.63, 3.8) is 0 Å². The van der Waals surface area contributed by atoms with Gasteiger partial charge in [-0.15, -0.1) is 0 Å². The molecule has 0 unspecified atom stereocenters. The minimum Gasteiger partial charge on any atom is -0.506 e. The van der Waals surface area contributed by atoms with Crippen molar-refractivity contribution < 1.29 is 5.11 Å². The van der Waals surface area contributed by atoms with Gasteiger partial charge in [-0.05, 0) is 29.5 Å². The summed E-state index contributed by atoms with van der Waals surface area (Å²) < 4.78 is 0. The Hall–Kier alpha value is -2.85. The summed E-state index contributed by atoms with van der Waals surface area (Å²) in [4.78, 5) is 8.62. The van der Waals surface area contributed by atoms with E-state index >= 15 is 0 Å². The van der Waals surface area contributed by atoms with Gasteiger partial charge >= 0.3 is 0 Å². The van der Waals surface area contributed by atoms with Gasteiger partial charge in [-0.2, -0.15) is 5.26 Å². The average molecular weight is 338 g/mol. The Balaban J connectivity index is 2.25. The summed E-state index contributed by atoms with van der Waals surface area (Å²) in [6.45, 7) is 4.67. The van der Waals surface area contributed by atoms with Crippen molar-refractivity contribution in [1.29, 1.82) is 5.26 Å². The summed E-state index contributed by atoms with van der Waals surface area (Å²) >= 11 is 0. The molecule has 0 saturated carbocycles. The lowest BCUT2D eigenvalue weighted by molar-refractivity contribution is 0.466. The van der Waals surface area contributed by atoms with E-state index in [0.717, 1.165) is 22.4 Å². The first-order valence-electron chi connectivity index (χ1n) is 8.18. The van der Waals surface area contributed by atoms with Crippen LogP contribution in [0.5, 0.6) is 5.75 Å². The molecular formula is C18H22N6O. The van der Waals surface area contributed by atoms with Crippen molar-refractivity contribution >= 4 is 11.5 Å². The number of hydrogen-bond donors (Lipinski definition) is 3. The summed E-state index contributed by atoms with van der Waals surface area (Å²) in [6, 6.07) is 5.67. The number of nitrogen functional groups attached to an aromatic ring is 1. The molecule has 1 aromatic carbocycles. The number of aromatic hydroxyl groups is 1. The maximum Gasteiger partial charge on any atom is 0.140 e. The van der Waals surface area contributed by atoms with Gasteiger partial charge < -0.3 is 15.8 Å². The molecule has 25 heavy (non-hydrogen) atoms. The molecular weight excluding hydrogens is 316 g/mol. The Labute approximate surface area is 147 Å². The minimum absolute atomic E-state index is 0.173. The second-order valence-corrected chi connectivity index (χ2v) is 6.79. The summed E-state index contributed by atoms with van der Waals surface area (Å²) in [6.07, 6.45) is 2.50. The van der Waals surface area contributed by atoms with Crippen molar-refractivity contribution in [2.75, 3.05) is 24.3 Å². The number of benzene rings is 1. The molecule has 4 N–H and O–H groups in total. The van der Waals surface area contributed by atoms with Gasteiger partial charge in [0.1, 0.15) is 17.9 Å². The third-order valence-corrected chi connectivity index (χ3v) is 4.68. The third kappa shape index (κ3) is 2.75. The second-order valence-electron chi connectivity index (χ2n) is 6.79. The van der Waals surface area contributed by atoms with Crippen molar-refractivity contribution in [2.45, 2.75) is 32.1 Å². The van der Waals surface area contributed by atoms with Crippen LogP contribution in [0.15, 0.2) is 18.5 Å². The Morgan fingerprint density at radius 1 is 1.40 bits per heavy atom. The molecule has 7 heteroatoms. The quantitative estimate of drug-likeness (QED) is 0.732. The number of nitrogens with one attached hydrogen (secondary N) is 1. The molecule has 0 radical (unpaired) electrons. The summed E-state index contributed by atoms with van der Waals surface area (Å²) in [5.41, 5.74) is 13.3. The number of hydrazine groups is 1. The smallest absolute Gasteiger partial charge is 0.140 e. The van der Waals surface area contributed by atoms with Crippen LogP contribution < -0.4 is 16.2 Å². The molecule has 0 bridgehead atoms. The number of rotatable bonds is 4. The highest BCUT2D eigenvalue weighted by Gasteiger charge is 2.37. The van der Waals surface area contributed by atoms with E-state index in [1.165, 1.54) is 6.33 Å². The second kappa shape index (κ2) is 6.22. The molecule has 0 aliphatic heterocycles. The monoisotopic (exact) mass is 338 g/mol. The third-order valence-electron chi connectivity index (χ3n) is 4.68. The Morgan fingerprint density at radius 3 is 2.84 bits per heavy atom. The van der Waals surface area contributed by atoms with Crippen LogP contribution in [-0.2, 0) is 11.8 Å². The highest BCUT2D eigenvalue weighted by molar-refractivity contribution is 5.82. The molecule has 7 nitrogen and oxygen atoms in total. The molecule has 1 aliphatic rings. The van der Waals surface area contributed by atoms with E-state index in [0.29, 0.717) is 30.9 Å². The predicted molar refractivity (Wildman–Crippen MR) is 96.9 cm³/mol. The first-order chi connectivity index (χ1) is 11.9. The van der Waals surface area contributed by atoms with Crippen LogP contribution in [0.3, 0.4) is 0 Å². The van der Waals surface area contributed by atoms with Gasteiger partial charge in [0.2, 0.25) is 0 Å². The van der Waals surface area contributed by atoms with Crippen LogP contribution in [0.4, 0.5) is 11.5 Å². The molecule has 1 heterocycles. The van der Waals surface area contributed by atoms with Crippen molar-refractivity contribution in [3.8, 4) is 23.1 Å². The molecule has 2 aromatic rings. The van der Waals surface area contributed by atoms with Crippen LogP contribution in [-0.4, -0.2) is 28.7 Å². The van der Waals surface area contributed by atoms with E-state index in [2.05, 4.69) is 35.3 Å². The predicted octanol–water partition coefficient (Wildman–Crippen LogP) is 2.12. The Kier molecular flexibility index (Phi) is 4.23. The van der Waals surface area contributed by atoms with E-state index in [1.807, 2.05) is 11.1 Å². The maximum atomic E-state index is 10.5. The highest BCUT2D eigenvalue weighted by Crippen LogP contribution is 2.48. The molecule has 0 spiro atoms. The normalized spacial score (nSPS) is 14.3. The molecule has 0 fully saturated rings. The number of hydrogen-bond acceptors (Lipinski definition) is 7. The van der Waals surface area contributed by atoms with Crippen molar-refractivity contribution in [2.24, 2.45) is 0 Å². The number of fused-ring (bicyclic) bond motifs is 3. The zero-order chi connectivity index (χ0) is 18.2. The fraction of sp³-hybridized carbons (Fsp3) is 0.389. The van der Waals surface area contributed by atoms with E-state index in [9.17, 15) is 5.11 Å². The largest absolute Gasteiger partial charge is 0.506 e. The molecule has 1 aliphatic carbocycles. The van der Waals surface area contributed by atoms with E-state index in [1.54, 1.807) is 13.1 Å². The number of aromatic nitrogens is 2. The first-order valence-corrected chi connectivity index (χ1v) is 8.18. The topological polar surface area (TPSA) is 111 Å². The molecule has 1 aromatic heterocycles. The minimum atomic E-state index is -0.273. The van der Waals surface area contributed by atoms with Gasteiger partial charge in [0, 0.05) is 24.7 Å². The zero-order valence-electron chi connectivity index (χ0n) is 14.7. The summed E-state index contributed by atoms with van der Waals surface area (Å²) in [7, 11) is 1.78. The summed E-state index contributed by atoms with van der Waals surface area (Å²) in [5.74, 6) is 0.664. The Bertz CT molecular complexity index is 855. The number of anilines is 2.